The van der Waals surface area contributed by atoms with Crippen LogP contribution in [-0.2, 0) is 4.79 Å². The van der Waals surface area contributed by atoms with Gasteiger partial charge in [0.25, 0.3) is 0 Å². The third-order valence-corrected chi connectivity index (χ3v) is 3.40. The van der Waals surface area contributed by atoms with Gasteiger partial charge in [0.1, 0.15) is 0 Å². The fourth-order valence-corrected chi connectivity index (χ4v) is 1.87. The van der Waals surface area contributed by atoms with Gasteiger partial charge < -0.3 is 11.1 Å². The Morgan fingerprint density at radius 3 is 2.42 bits per heavy atom. The molecule has 3 nitrogen and oxygen atoms in total. The van der Waals surface area contributed by atoms with Crippen LogP contribution in [0.3, 0.4) is 0 Å². The van der Waals surface area contributed by atoms with Gasteiger partial charge in [0.15, 0.2) is 5.54 Å². The van der Waals surface area contributed by atoms with Crippen molar-refractivity contribution in [1.29, 1.82) is 0 Å². The van der Waals surface area contributed by atoms with Crippen molar-refractivity contribution in [2.24, 2.45) is 5.73 Å². The lowest BCUT2D eigenvalue weighted by Crippen LogP contribution is -2.61. The Morgan fingerprint density at radius 2 is 1.89 bits per heavy atom. The van der Waals surface area contributed by atoms with E-state index in [1.165, 1.54) is 0 Å². The number of hydrogen-bond donors (Lipinski definition) is 2. The molecule has 0 bridgehead atoms. The average Bonchev–Trinajstić information content (AvgIpc) is 3.08. The molecule has 1 saturated carbocycles. The quantitative estimate of drug-likeness (QED) is 0.883. The summed E-state index contributed by atoms with van der Waals surface area (Å²) in [6.45, 7) is 0.683. The molecule has 2 rings (SSSR count). The van der Waals surface area contributed by atoms with Crippen molar-refractivity contribution in [1.82, 2.24) is 5.32 Å². The molecule has 1 aromatic carbocycles. The molecular weight excluding hydrogens is 257 g/mol. The third kappa shape index (κ3) is 2.73. The van der Waals surface area contributed by atoms with Crippen LogP contribution in [0.15, 0.2) is 30.3 Å². The highest BCUT2D eigenvalue weighted by Gasteiger charge is 2.55. The fraction of sp³-hybridized carbons (Fsp3) is 0.462. The summed E-state index contributed by atoms with van der Waals surface area (Å²) in [5, 5.41) is 2.37. The molecule has 0 radical (unpaired) electrons. The van der Waals surface area contributed by atoms with Crippen LogP contribution >= 0.6 is 0 Å². The number of halogens is 3. The number of nitrogens with one attached hydrogen (secondary N) is 1. The zero-order chi connectivity index (χ0) is 14.3. The normalized spacial score (nSPS) is 25.5. The largest absolute Gasteiger partial charge is 0.415 e. The van der Waals surface area contributed by atoms with Gasteiger partial charge in [-0.15, -0.1) is 0 Å². The maximum Gasteiger partial charge on any atom is 0.415 e. The molecule has 1 aliphatic rings. The molecule has 19 heavy (non-hydrogen) atoms. The fourth-order valence-electron chi connectivity index (χ4n) is 1.87. The second-order valence-corrected chi connectivity index (χ2v) is 5.03. The highest BCUT2D eigenvalue weighted by atomic mass is 19.4. The van der Waals surface area contributed by atoms with Gasteiger partial charge in [0.05, 0.1) is 0 Å². The Kier molecular flexibility index (Phi) is 3.30. The molecule has 0 saturated heterocycles. The summed E-state index contributed by atoms with van der Waals surface area (Å²) in [6, 6.07) is 9.09. The first-order chi connectivity index (χ1) is 8.73. The Morgan fingerprint density at radius 1 is 1.32 bits per heavy atom. The summed E-state index contributed by atoms with van der Waals surface area (Å²) in [7, 11) is 0. The number of benzene rings is 1. The van der Waals surface area contributed by atoms with Crippen LogP contribution in [0.1, 0.15) is 24.8 Å². The van der Waals surface area contributed by atoms with Gasteiger partial charge in [0, 0.05) is 12.0 Å². The van der Waals surface area contributed by atoms with Crippen molar-refractivity contribution in [2.45, 2.75) is 37.0 Å². The number of carbonyl (C=O) groups excluding carboxylic acids is 1. The monoisotopic (exact) mass is 272 g/mol. The standard InChI is InChI=1S/C13H15F3N2O/c1-12(17,13(14,15)16)11(19)18-10-7-9(10)8-5-3-2-4-6-8/h2-6,9-10H,7,17H2,1H3,(H,18,19). The van der Waals surface area contributed by atoms with Gasteiger partial charge in [0.2, 0.25) is 5.91 Å². The Bertz CT molecular complexity index is 471. The zero-order valence-electron chi connectivity index (χ0n) is 10.4. The average molecular weight is 272 g/mol. The van der Waals surface area contributed by atoms with Gasteiger partial charge in [-0.3, -0.25) is 4.79 Å². The number of amides is 1. The van der Waals surface area contributed by atoms with E-state index in [0.717, 1.165) is 5.56 Å². The van der Waals surface area contributed by atoms with Gasteiger partial charge in [-0.05, 0) is 18.9 Å². The van der Waals surface area contributed by atoms with Crippen LogP contribution < -0.4 is 11.1 Å². The lowest BCUT2D eigenvalue weighted by atomic mass is 10.0. The summed E-state index contributed by atoms with van der Waals surface area (Å²) in [6.07, 6.45) is -4.11. The van der Waals surface area contributed by atoms with E-state index in [-0.39, 0.29) is 12.0 Å². The summed E-state index contributed by atoms with van der Waals surface area (Å²) in [4.78, 5) is 11.6. The van der Waals surface area contributed by atoms with Crippen LogP contribution in [-0.4, -0.2) is 23.7 Å². The molecule has 1 fully saturated rings. The molecule has 0 aliphatic heterocycles. The van der Waals surface area contributed by atoms with Crippen molar-refractivity contribution in [3.8, 4) is 0 Å². The lowest BCUT2D eigenvalue weighted by molar-refractivity contribution is -0.187. The number of nitrogens with two attached hydrogens (primary N) is 1. The van der Waals surface area contributed by atoms with Gasteiger partial charge >= 0.3 is 6.18 Å². The predicted molar refractivity (Wildman–Crippen MR) is 64.4 cm³/mol. The molecule has 0 spiro atoms. The maximum atomic E-state index is 12.6. The highest BCUT2D eigenvalue weighted by molar-refractivity contribution is 5.87. The molecule has 104 valence electrons. The number of hydrogen-bond acceptors (Lipinski definition) is 2. The molecule has 3 atom stereocenters. The van der Waals surface area contributed by atoms with Crippen LogP contribution in [0.25, 0.3) is 0 Å². The minimum Gasteiger partial charge on any atom is -0.351 e. The van der Waals surface area contributed by atoms with E-state index in [1.54, 1.807) is 0 Å². The van der Waals surface area contributed by atoms with Crippen molar-refractivity contribution < 1.29 is 18.0 Å². The second kappa shape index (κ2) is 4.52. The highest BCUT2D eigenvalue weighted by Crippen LogP contribution is 2.41. The van der Waals surface area contributed by atoms with E-state index >= 15 is 0 Å². The van der Waals surface area contributed by atoms with E-state index in [4.69, 9.17) is 5.73 Å². The molecule has 1 amide bonds. The van der Waals surface area contributed by atoms with E-state index in [1.807, 2.05) is 30.3 Å². The van der Waals surface area contributed by atoms with Gasteiger partial charge in [-0.1, -0.05) is 30.3 Å². The van der Waals surface area contributed by atoms with Crippen LogP contribution in [0, 0.1) is 0 Å². The Hall–Kier alpha value is -1.56. The second-order valence-electron chi connectivity index (χ2n) is 5.03. The summed E-state index contributed by atoms with van der Waals surface area (Å²) < 4.78 is 37.8. The van der Waals surface area contributed by atoms with Crippen LogP contribution in [0.4, 0.5) is 13.2 Å². The smallest absolute Gasteiger partial charge is 0.351 e. The SMILES string of the molecule is CC(N)(C(=O)NC1CC1c1ccccc1)C(F)(F)F. The summed E-state index contributed by atoms with van der Waals surface area (Å²) in [5.41, 5.74) is 3.22. The summed E-state index contributed by atoms with van der Waals surface area (Å²) in [5.74, 6) is -1.10. The number of carbonyl (C=O) groups is 1. The van der Waals surface area contributed by atoms with Crippen molar-refractivity contribution >= 4 is 5.91 Å². The van der Waals surface area contributed by atoms with Crippen LogP contribution in [0.2, 0.25) is 0 Å². The van der Waals surface area contributed by atoms with E-state index in [9.17, 15) is 18.0 Å². The number of rotatable bonds is 3. The van der Waals surface area contributed by atoms with E-state index in [0.29, 0.717) is 13.3 Å². The van der Waals surface area contributed by atoms with Crippen molar-refractivity contribution in [3.63, 3.8) is 0 Å². The van der Waals surface area contributed by atoms with Gasteiger partial charge in [-0.25, -0.2) is 0 Å². The van der Waals surface area contributed by atoms with E-state index < -0.39 is 17.6 Å². The molecular formula is C13H15F3N2O. The van der Waals surface area contributed by atoms with Gasteiger partial charge in [-0.2, -0.15) is 13.2 Å². The first-order valence-corrected chi connectivity index (χ1v) is 5.95. The Balaban J connectivity index is 1.96. The molecule has 1 aromatic rings. The predicted octanol–water partition coefficient (Wildman–Crippen LogP) is 1.94. The topological polar surface area (TPSA) is 55.1 Å². The molecule has 3 N–H and O–H groups in total. The van der Waals surface area contributed by atoms with Crippen molar-refractivity contribution in [3.05, 3.63) is 35.9 Å². The molecule has 3 unspecified atom stereocenters. The maximum absolute atomic E-state index is 12.6. The minimum absolute atomic E-state index is 0.0779. The Labute approximate surface area is 109 Å². The first kappa shape index (κ1) is 13.9. The molecule has 6 heteroatoms. The van der Waals surface area contributed by atoms with Crippen molar-refractivity contribution in [2.75, 3.05) is 0 Å². The number of alkyl halides is 3. The van der Waals surface area contributed by atoms with Crippen LogP contribution in [0.5, 0.6) is 0 Å². The lowest BCUT2D eigenvalue weighted by Gasteiger charge is -2.26. The first-order valence-electron chi connectivity index (χ1n) is 5.95. The zero-order valence-corrected chi connectivity index (χ0v) is 10.4. The summed E-state index contributed by atoms with van der Waals surface area (Å²) >= 11 is 0. The third-order valence-electron chi connectivity index (χ3n) is 3.40. The molecule has 1 aliphatic carbocycles. The minimum atomic E-state index is -4.76. The van der Waals surface area contributed by atoms with E-state index in [2.05, 4.69) is 5.32 Å². The molecule has 0 heterocycles. The molecule has 0 aromatic heterocycles.